The molecule has 1 heterocycles. The Morgan fingerprint density at radius 1 is 0.917 bits per heavy atom. The Balaban J connectivity index is 1.58. The van der Waals surface area contributed by atoms with Crippen LogP contribution in [0, 0.1) is 0 Å². The van der Waals surface area contributed by atoms with Crippen LogP contribution in [0.1, 0.15) is 44.7 Å². The van der Waals surface area contributed by atoms with Crippen LogP contribution < -0.4 is 21.7 Å². The zero-order valence-electron chi connectivity index (χ0n) is 27.1. The third-order valence-corrected chi connectivity index (χ3v) is 7.50. The van der Waals surface area contributed by atoms with Crippen LogP contribution in [0.3, 0.4) is 0 Å². The molecule has 0 aromatic heterocycles. The zero-order valence-corrected chi connectivity index (χ0v) is 27.1. The Labute approximate surface area is 278 Å². The van der Waals surface area contributed by atoms with Gasteiger partial charge in [0.2, 0.25) is 23.6 Å². The monoisotopic (exact) mass is 672 g/mol. The minimum Gasteiger partial charge on any atom is -0.461 e. The lowest BCUT2D eigenvalue weighted by Crippen LogP contribution is -2.66. The van der Waals surface area contributed by atoms with Crippen LogP contribution in [0.15, 0.2) is 60.7 Å². The van der Waals surface area contributed by atoms with Crippen LogP contribution in [0.5, 0.6) is 0 Å². The number of nitrogens with two attached hydrogens (primary N) is 1. The van der Waals surface area contributed by atoms with Gasteiger partial charge in [0.25, 0.3) is 0 Å². The van der Waals surface area contributed by atoms with Crippen molar-refractivity contribution in [1.29, 1.82) is 0 Å². The van der Waals surface area contributed by atoms with Crippen LogP contribution in [0.25, 0.3) is 0 Å². The smallest absolute Gasteiger partial charge is 0.306 e. The number of rotatable bonds is 17. The predicted molar refractivity (Wildman–Crippen MR) is 169 cm³/mol. The molecule has 1 fully saturated rings. The van der Waals surface area contributed by atoms with E-state index in [0.717, 1.165) is 11.1 Å². The number of aliphatic hydroxyl groups excluding tert-OH is 2. The highest BCUT2D eigenvalue weighted by Crippen LogP contribution is 2.26. The maximum Gasteiger partial charge on any atom is 0.306 e. The number of hydrogen-bond donors (Lipinski definition) is 6. The van der Waals surface area contributed by atoms with Crippen molar-refractivity contribution in [3.8, 4) is 0 Å². The highest BCUT2D eigenvalue weighted by atomic mass is 16.7. The topological polar surface area (TPSA) is 225 Å². The van der Waals surface area contributed by atoms with E-state index in [1.165, 1.54) is 20.8 Å². The van der Waals surface area contributed by atoms with Gasteiger partial charge in [-0.3, -0.25) is 24.0 Å². The minimum absolute atomic E-state index is 0.0507. The molecular weight excluding hydrogens is 628 g/mol. The molecule has 0 saturated carbocycles. The molecule has 48 heavy (non-hydrogen) atoms. The van der Waals surface area contributed by atoms with Gasteiger partial charge in [-0.05, 0) is 31.4 Å². The van der Waals surface area contributed by atoms with Gasteiger partial charge >= 0.3 is 5.97 Å². The number of aliphatic hydroxyl groups is 2. The number of carbonyl (C=O) groups excluding carboxylic acids is 5. The molecule has 0 spiro atoms. The summed E-state index contributed by atoms with van der Waals surface area (Å²) in [5.41, 5.74) is 7.02. The SMILES string of the molecule is CC(=O)N[C@H]1[C@@H](OCc2ccccc2)O[C@H](CO)[C@@H](O)[C@@H]1O[C@H](C)C(=O)N[C@@H](C)C(=O)N[C@H](CCC(=O)OCc1ccccc1)C(N)=O. The largest absolute Gasteiger partial charge is 0.461 e. The second-order valence-electron chi connectivity index (χ2n) is 11.4. The average Bonchev–Trinajstić information content (AvgIpc) is 3.07. The second kappa shape index (κ2) is 18.8. The summed E-state index contributed by atoms with van der Waals surface area (Å²) in [5.74, 6) is -3.48. The molecule has 0 aliphatic carbocycles. The number of ether oxygens (including phenoxy) is 4. The Bertz CT molecular complexity index is 1360. The van der Waals surface area contributed by atoms with Crippen molar-refractivity contribution in [2.75, 3.05) is 6.61 Å². The van der Waals surface area contributed by atoms with E-state index in [-0.39, 0.29) is 26.1 Å². The van der Waals surface area contributed by atoms with E-state index in [9.17, 15) is 34.2 Å². The number of esters is 1. The first kappa shape index (κ1) is 38.0. The molecule has 0 radical (unpaired) electrons. The van der Waals surface area contributed by atoms with Gasteiger partial charge in [0.05, 0.1) is 13.2 Å². The minimum atomic E-state index is -1.48. The summed E-state index contributed by atoms with van der Waals surface area (Å²) in [7, 11) is 0. The molecule has 2 aromatic carbocycles. The number of hydrogen-bond acceptors (Lipinski definition) is 11. The molecule has 8 atom stereocenters. The summed E-state index contributed by atoms with van der Waals surface area (Å²) in [4.78, 5) is 62.2. The van der Waals surface area contributed by atoms with Crippen molar-refractivity contribution in [1.82, 2.24) is 16.0 Å². The summed E-state index contributed by atoms with van der Waals surface area (Å²) in [5, 5.41) is 28.4. The molecule has 1 aliphatic heterocycles. The normalized spacial score (nSPS) is 22.4. The second-order valence-corrected chi connectivity index (χ2v) is 11.4. The van der Waals surface area contributed by atoms with Gasteiger partial charge in [-0.1, -0.05) is 60.7 Å². The maximum absolute atomic E-state index is 13.1. The van der Waals surface area contributed by atoms with Gasteiger partial charge in [-0.25, -0.2) is 0 Å². The first-order valence-corrected chi connectivity index (χ1v) is 15.5. The zero-order chi connectivity index (χ0) is 35.2. The number of carbonyl (C=O) groups is 5. The number of benzene rings is 2. The lowest BCUT2D eigenvalue weighted by Gasteiger charge is -2.44. The fourth-order valence-electron chi connectivity index (χ4n) is 4.86. The Hall–Kier alpha value is -4.41. The quantitative estimate of drug-likeness (QED) is 0.118. The number of nitrogens with one attached hydrogen (secondary N) is 3. The average molecular weight is 673 g/mol. The Morgan fingerprint density at radius 2 is 1.52 bits per heavy atom. The summed E-state index contributed by atoms with van der Waals surface area (Å²) < 4.78 is 22.7. The van der Waals surface area contributed by atoms with Crippen LogP contribution in [-0.2, 0) is 56.1 Å². The van der Waals surface area contributed by atoms with Crippen LogP contribution in [-0.4, -0.2) is 95.2 Å². The van der Waals surface area contributed by atoms with Crippen LogP contribution in [0.4, 0.5) is 0 Å². The predicted octanol–water partition coefficient (Wildman–Crippen LogP) is -0.442. The molecule has 7 N–H and O–H groups in total. The summed E-state index contributed by atoms with van der Waals surface area (Å²) in [6, 6.07) is 14.6. The van der Waals surface area contributed by atoms with Gasteiger partial charge in [0.15, 0.2) is 6.29 Å². The standard InChI is InChI=1S/C33H44N4O11/c1-19(31(43)37-24(30(34)42)14-15-26(40)45-17-22-10-6-4-7-11-22)35-32(44)20(2)47-29-27(36-21(3)39)33(48-25(16-38)28(29)41)46-18-23-12-8-5-9-13-23/h4-13,19-20,24-25,27-29,33,38,41H,14-18H2,1-3H3,(H2,34,42)(H,35,44)(H,36,39)(H,37,43)/t19-,20+,24+,25+,27+,28+,29+,33-/m0/s1. The van der Waals surface area contributed by atoms with E-state index in [2.05, 4.69) is 16.0 Å². The van der Waals surface area contributed by atoms with Crippen molar-refractivity contribution in [2.45, 2.75) is 95.7 Å². The van der Waals surface area contributed by atoms with Crippen molar-refractivity contribution < 1.29 is 53.1 Å². The first-order valence-electron chi connectivity index (χ1n) is 15.5. The van der Waals surface area contributed by atoms with Crippen molar-refractivity contribution in [3.05, 3.63) is 71.8 Å². The molecule has 2 aromatic rings. The van der Waals surface area contributed by atoms with E-state index in [1.807, 2.05) is 36.4 Å². The molecular formula is C33H44N4O11. The van der Waals surface area contributed by atoms with E-state index in [1.54, 1.807) is 24.3 Å². The Kier molecular flexibility index (Phi) is 14.9. The lowest BCUT2D eigenvalue weighted by molar-refractivity contribution is -0.283. The van der Waals surface area contributed by atoms with E-state index in [0.29, 0.717) is 0 Å². The highest BCUT2D eigenvalue weighted by molar-refractivity contribution is 5.92. The third kappa shape index (κ3) is 11.7. The van der Waals surface area contributed by atoms with E-state index < -0.39 is 85.0 Å². The fraction of sp³-hybridized carbons (Fsp3) is 0.485. The number of amides is 4. The van der Waals surface area contributed by atoms with Crippen LogP contribution in [0.2, 0.25) is 0 Å². The van der Waals surface area contributed by atoms with E-state index in [4.69, 9.17) is 24.7 Å². The van der Waals surface area contributed by atoms with Crippen molar-refractivity contribution >= 4 is 29.6 Å². The van der Waals surface area contributed by atoms with Crippen LogP contribution >= 0.6 is 0 Å². The summed E-state index contributed by atoms with van der Waals surface area (Å²) in [6.07, 6.45) is -6.68. The Morgan fingerprint density at radius 3 is 2.08 bits per heavy atom. The van der Waals surface area contributed by atoms with Gasteiger partial charge in [0, 0.05) is 13.3 Å². The summed E-state index contributed by atoms with van der Waals surface area (Å²) >= 11 is 0. The molecule has 15 nitrogen and oxygen atoms in total. The highest BCUT2D eigenvalue weighted by Gasteiger charge is 2.48. The van der Waals surface area contributed by atoms with Gasteiger partial charge in [0.1, 0.15) is 49.1 Å². The molecule has 3 rings (SSSR count). The molecule has 262 valence electrons. The molecule has 15 heteroatoms. The van der Waals surface area contributed by atoms with Crippen molar-refractivity contribution in [3.63, 3.8) is 0 Å². The van der Waals surface area contributed by atoms with Gasteiger partial charge in [-0.15, -0.1) is 0 Å². The maximum atomic E-state index is 13.1. The molecule has 4 amide bonds. The molecule has 1 saturated heterocycles. The number of primary amides is 1. The first-order chi connectivity index (χ1) is 22.9. The van der Waals surface area contributed by atoms with Gasteiger partial charge < -0.3 is 50.8 Å². The fourth-order valence-corrected chi connectivity index (χ4v) is 4.86. The molecule has 1 aliphatic rings. The third-order valence-electron chi connectivity index (χ3n) is 7.50. The summed E-state index contributed by atoms with van der Waals surface area (Å²) in [6.45, 7) is 3.50. The molecule has 0 unspecified atom stereocenters. The van der Waals surface area contributed by atoms with Gasteiger partial charge in [-0.2, -0.15) is 0 Å². The van der Waals surface area contributed by atoms with E-state index >= 15 is 0 Å². The molecule has 0 bridgehead atoms. The lowest BCUT2D eigenvalue weighted by atomic mass is 9.96. The van der Waals surface area contributed by atoms with Crippen molar-refractivity contribution in [2.24, 2.45) is 5.73 Å².